The van der Waals surface area contributed by atoms with E-state index in [-0.39, 0.29) is 0 Å². The molecule has 0 aliphatic carbocycles. The van der Waals surface area contributed by atoms with Crippen molar-refractivity contribution in [2.45, 2.75) is 65.2 Å². The van der Waals surface area contributed by atoms with Gasteiger partial charge in [-0.3, -0.25) is 4.90 Å². The zero-order valence-electron chi connectivity index (χ0n) is 11.9. The molecule has 0 radical (unpaired) electrons. The summed E-state index contributed by atoms with van der Waals surface area (Å²) in [5.74, 6) is 2.15. The molecule has 1 unspecified atom stereocenters. The van der Waals surface area contributed by atoms with Crippen molar-refractivity contribution in [2.24, 2.45) is 0 Å². The quantitative estimate of drug-likeness (QED) is 0.870. The fourth-order valence-electron chi connectivity index (χ4n) is 2.50. The lowest BCUT2D eigenvalue weighted by atomic mass is 10.0. The van der Waals surface area contributed by atoms with Crippen LogP contribution >= 0.6 is 0 Å². The molecule has 102 valence electrons. The maximum Gasteiger partial charge on any atom is 0.118 e. The van der Waals surface area contributed by atoms with E-state index >= 15 is 0 Å². The van der Waals surface area contributed by atoms with Gasteiger partial charge in [-0.15, -0.1) is 0 Å². The van der Waals surface area contributed by atoms with E-state index in [2.05, 4.69) is 43.1 Å². The number of hydrogen-bond acceptors (Lipinski definition) is 3. The topological polar surface area (TPSA) is 28.4 Å². The minimum absolute atomic E-state index is 0.501. The van der Waals surface area contributed by atoms with Crippen LogP contribution in [0.3, 0.4) is 0 Å². The van der Waals surface area contributed by atoms with E-state index in [1.54, 1.807) is 0 Å². The van der Waals surface area contributed by atoms with Crippen LogP contribution in [-0.4, -0.2) is 23.5 Å². The van der Waals surface area contributed by atoms with Crippen molar-refractivity contribution in [2.75, 3.05) is 6.54 Å². The molecule has 1 aliphatic rings. The molecular weight excluding hydrogens is 224 g/mol. The molecule has 1 atom stereocenters. The van der Waals surface area contributed by atoms with Gasteiger partial charge in [-0.25, -0.2) is 0 Å². The van der Waals surface area contributed by atoms with Crippen LogP contribution in [0.15, 0.2) is 16.5 Å². The predicted octanol–water partition coefficient (Wildman–Crippen LogP) is 3.15. The maximum absolute atomic E-state index is 5.88. The molecule has 1 saturated heterocycles. The molecular formula is C15H26N2O. The largest absolute Gasteiger partial charge is 0.463 e. The number of piperidine rings is 1. The summed E-state index contributed by atoms with van der Waals surface area (Å²) in [4.78, 5) is 2.53. The van der Waals surface area contributed by atoms with Crippen LogP contribution in [0.25, 0.3) is 0 Å². The molecule has 2 heterocycles. The Labute approximate surface area is 111 Å². The summed E-state index contributed by atoms with van der Waals surface area (Å²) in [6, 6.07) is 5.42. The molecule has 1 aliphatic heterocycles. The zero-order chi connectivity index (χ0) is 13.0. The summed E-state index contributed by atoms with van der Waals surface area (Å²) in [6.45, 7) is 9.62. The molecule has 0 bridgehead atoms. The highest BCUT2D eigenvalue weighted by Crippen LogP contribution is 2.20. The van der Waals surface area contributed by atoms with Crippen molar-refractivity contribution in [1.29, 1.82) is 0 Å². The van der Waals surface area contributed by atoms with Gasteiger partial charge in [-0.05, 0) is 38.4 Å². The van der Waals surface area contributed by atoms with Crippen molar-refractivity contribution in [3.8, 4) is 0 Å². The van der Waals surface area contributed by atoms with E-state index in [0.29, 0.717) is 12.1 Å². The highest BCUT2D eigenvalue weighted by molar-refractivity contribution is 5.07. The normalized spacial score (nSPS) is 21.7. The third-order valence-corrected chi connectivity index (χ3v) is 3.70. The number of nitrogens with zero attached hydrogens (tertiary/aromatic N) is 1. The molecule has 0 saturated carbocycles. The predicted molar refractivity (Wildman–Crippen MR) is 74.4 cm³/mol. The van der Waals surface area contributed by atoms with E-state index in [1.165, 1.54) is 25.8 Å². The van der Waals surface area contributed by atoms with Crippen molar-refractivity contribution in [3.05, 3.63) is 23.7 Å². The molecule has 0 aromatic carbocycles. The van der Waals surface area contributed by atoms with E-state index in [4.69, 9.17) is 4.42 Å². The monoisotopic (exact) mass is 250 g/mol. The average molecular weight is 250 g/mol. The van der Waals surface area contributed by atoms with Gasteiger partial charge in [-0.2, -0.15) is 0 Å². The fourth-order valence-corrected chi connectivity index (χ4v) is 2.50. The first-order chi connectivity index (χ1) is 8.65. The van der Waals surface area contributed by atoms with Gasteiger partial charge < -0.3 is 9.73 Å². The van der Waals surface area contributed by atoms with Crippen molar-refractivity contribution in [3.63, 3.8) is 0 Å². The Balaban J connectivity index is 1.85. The Bertz CT molecular complexity index is 359. The average Bonchev–Trinajstić information content (AvgIpc) is 2.77. The van der Waals surface area contributed by atoms with Gasteiger partial charge in [0.15, 0.2) is 0 Å². The molecule has 0 spiro atoms. The van der Waals surface area contributed by atoms with Gasteiger partial charge in [0.2, 0.25) is 0 Å². The number of furan rings is 1. The first-order valence-electron chi connectivity index (χ1n) is 7.20. The van der Waals surface area contributed by atoms with E-state index in [1.807, 2.05) is 0 Å². The van der Waals surface area contributed by atoms with Crippen LogP contribution in [-0.2, 0) is 13.1 Å². The molecule has 18 heavy (non-hydrogen) atoms. The van der Waals surface area contributed by atoms with Gasteiger partial charge in [-0.1, -0.05) is 20.3 Å². The smallest absolute Gasteiger partial charge is 0.118 e. The van der Waals surface area contributed by atoms with Crippen LogP contribution in [0.2, 0.25) is 0 Å². The first kappa shape index (κ1) is 13.6. The summed E-state index contributed by atoms with van der Waals surface area (Å²) >= 11 is 0. The second-order valence-electron chi connectivity index (χ2n) is 5.72. The Morgan fingerprint density at radius 3 is 2.83 bits per heavy atom. The molecule has 1 N–H and O–H groups in total. The van der Waals surface area contributed by atoms with Crippen molar-refractivity contribution in [1.82, 2.24) is 10.2 Å². The van der Waals surface area contributed by atoms with Gasteiger partial charge in [0.25, 0.3) is 0 Å². The SMILES string of the molecule is CC(C)NCc1ccc(CN2CCCCC2C)o1. The lowest BCUT2D eigenvalue weighted by Crippen LogP contribution is -2.36. The Morgan fingerprint density at radius 1 is 1.33 bits per heavy atom. The standard InChI is InChI=1S/C15H26N2O/c1-12(2)16-10-14-7-8-15(18-14)11-17-9-5-4-6-13(17)3/h7-8,12-13,16H,4-6,9-11H2,1-3H3. The van der Waals surface area contributed by atoms with Crippen LogP contribution in [0.1, 0.15) is 51.6 Å². The van der Waals surface area contributed by atoms with Crippen LogP contribution in [0.4, 0.5) is 0 Å². The molecule has 3 heteroatoms. The molecule has 3 nitrogen and oxygen atoms in total. The van der Waals surface area contributed by atoms with Crippen LogP contribution in [0.5, 0.6) is 0 Å². The Hall–Kier alpha value is -0.800. The number of hydrogen-bond donors (Lipinski definition) is 1. The first-order valence-corrected chi connectivity index (χ1v) is 7.20. The van der Waals surface area contributed by atoms with Gasteiger partial charge >= 0.3 is 0 Å². The second kappa shape index (κ2) is 6.39. The second-order valence-corrected chi connectivity index (χ2v) is 5.72. The summed E-state index contributed by atoms with van der Waals surface area (Å²) in [5, 5.41) is 3.38. The fraction of sp³-hybridized carbons (Fsp3) is 0.733. The number of nitrogens with one attached hydrogen (secondary N) is 1. The molecule has 1 aromatic heterocycles. The Morgan fingerprint density at radius 2 is 2.11 bits per heavy atom. The Kier molecular flexibility index (Phi) is 4.84. The highest BCUT2D eigenvalue weighted by atomic mass is 16.3. The van der Waals surface area contributed by atoms with Gasteiger partial charge in [0, 0.05) is 12.1 Å². The van der Waals surface area contributed by atoms with E-state index < -0.39 is 0 Å². The van der Waals surface area contributed by atoms with Gasteiger partial charge in [0.05, 0.1) is 13.1 Å². The molecule has 1 fully saturated rings. The molecule has 1 aromatic rings. The maximum atomic E-state index is 5.88. The molecule has 2 rings (SSSR count). The third kappa shape index (κ3) is 3.85. The van der Waals surface area contributed by atoms with E-state index in [9.17, 15) is 0 Å². The van der Waals surface area contributed by atoms with Crippen molar-refractivity contribution >= 4 is 0 Å². The van der Waals surface area contributed by atoms with Gasteiger partial charge in [0.1, 0.15) is 11.5 Å². The summed E-state index contributed by atoms with van der Waals surface area (Å²) in [7, 11) is 0. The molecule has 0 amide bonds. The lowest BCUT2D eigenvalue weighted by molar-refractivity contribution is 0.141. The summed E-state index contributed by atoms with van der Waals surface area (Å²) < 4.78 is 5.88. The minimum Gasteiger partial charge on any atom is -0.463 e. The highest BCUT2D eigenvalue weighted by Gasteiger charge is 2.19. The third-order valence-electron chi connectivity index (χ3n) is 3.70. The van der Waals surface area contributed by atoms with Crippen molar-refractivity contribution < 1.29 is 4.42 Å². The zero-order valence-corrected chi connectivity index (χ0v) is 11.9. The minimum atomic E-state index is 0.501. The number of likely N-dealkylation sites (tertiary alicyclic amines) is 1. The van der Waals surface area contributed by atoms with E-state index in [0.717, 1.165) is 24.6 Å². The lowest BCUT2D eigenvalue weighted by Gasteiger charge is -2.32. The van der Waals surface area contributed by atoms with Crippen LogP contribution < -0.4 is 5.32 Å². The summed E-state index contributed by atoms with van der Waals surface area (Å²) in [6.07, 6.45) is 4.02. The summed E-state index contributed by atoms with van der Waals surface area (Å²) in [5.41, 5.74) is 0. The van der Waals surface area contributed by atoms with Crippen LogP contribution in [0, 0.1) is 0 Å². The number of rotatable bonds is 5.